The molecular formula is C12H22N2O2. The number of piperazine rings is 1. The van der Waals surface area contributed by atoms with Crippen LogP contribution in [0.2, 0.25) is 0 Å². The fourth-order valence-electron chi connectivity index (χ4n) is 2.15. The van der Waals surface area contributed by atoms with E-state index < -0.39 is 0 Å². The lowest BCUT2D eigenvalue weighted by Crippen LogP contribution is -2.64. The SMILES string of the molecule is CC(C)CN1C(=O)C(C)NC(=O)C1C(C)C. The van der Waals surface area contributed by atoms with Crippen LogP contribution in [0.4, 0.5) is 0 Å². The number of nitrogens with zero attached hydrogens (tertiary/aromatic N) is 1. The van der Waals surface area contributed by atoms with Crippen molar-refractivity contribution in [2.45, 2.75) is 46.7 Å². The molecule has 0 aromatic heterocycles. The fourth-order valence-corrected chi connectivity index (χ4v) is 2.15. The standard InChI is InChI=1S/C12H22N2O2/c1-7(2)6-14-10(8(3)4)11(15)13-9(5)12(14)16/h7-10H,6H2,1-5H3,(H,13,15). The predicted molar refractivity (Wildman–Crippen MR) is 62.8 cm³/mol. The van der Waals surface area contributed by atoms with E-state index in [-0.39, 0.29) is 29.8 Å². The molecule has 0 saturated carbocycles. The van der Waals surface area contributed by atoms with Crippen LogP contribution >= 0.6 is 0 Å². The van der Waals surface area contributed by atoms with E-state index in [0.29, 0.717) is 12.5 Å². The zero-order valence-corrected chi connectivity index (χ0v) is 10.8. The first-order valence-electron chi connectivity index (χ1n) is 5.95. The number of carbonyl (C=O) groups excluding carboxylic acids is 2. The Morgan fingerprint density at radius 3 is 2.25 bits per heavy atom. The van der Waals surface area contributed by atoms with Crippen LogP contribution in [-0.2, 0) is 9.59 Å². The van der Waals surface area contributed by atoms with Crippen LogP contribution < -0.4 is 5.32 Å². The minimum atomic E-state index is -0.388. The number of nitrogens with one attached hydrogen (secondary N) is 1. The van der Waals surface area contributed by atoms with Gasteiger partial charge < -0.3 is 10.2 Å². The molecule has 16 heavy (non-hydrogen) atoms. The number of hydrogen-bond acceptors (Lipinski definition) is 2. The number of amides is 2. The average Bonchev–Trinajstić information content (AvgIpc) is 2.12. The van der Waals surface area contributed by atoms with Crippen molar-refractivity contribution in [2.24, 2.45) is 11.8 Å². The Morgan fingerprint density at radius 2 is 1.81 bits per heavy atom. The van der Waals surface area contributed by atoms with E-state index in [1.54, 1.807) is 11.8 Å². The van der Waals surface area contributed by atoms with Gasteiger partial charge >= 0.3 is 0 Å². The zero-order chi connectivity index (χ0) is 12.5. The highest BCUT2D eigenvalue weighted by atomic mass is 16.2. The molecule has 0 radical (unpaired) electrons. The molecule has 4 heteroatoms. The summed E-state index contributed by atoms with van der Waals surface area (Å²) in [6.45, 7) is 10.5. The molecule has 2 amide bonds. The van der Waals surface area contributed by atoms with Crippen molar-refractivity contribution in [1.82, 2.24) is 10.2 Å². The summed E-state index contributed by atoms with van der Waals surface area (Å²) < 4.78 is 0. The molecule has 1 heterocycles. The molecule has 0 aromatic rings. The van der Waals surface area contributed by atoms with Crippen LogP contribution in [0.25, 0.3) is 0 Å². The maximum atomic E-state index is 12.0. The van der Waals surface area contributed by atoms with E-state index in [1.165, 1.54) is 0 Å². The maximum absolute atomic E-state index is 12.0. The third-order valence-corrected chi connectivity index (χ3v) is 2.81. The Kier molecular flexibility index (Phi) is 3.94. The average molecular weight is 226 g/mol. The lowest BCUT2D eigenvalue weighted by molar-refractivity contribution is -0.151. The molecule has 0 spiro atoms. The summed E-state index contributed by atoms with van der Waals surface area (Å²) in [5, 5.41) is 2.73. The summed E-state index contributed by atoms with van der Waals surface area (Å²) in [6.07, 6.45) is 0. The van der Waals surface area contributed by atoms with Crippen LogP contribution in [0, 0.1) is 11.8 Å². The Bertz CT molecular complexity index is 287. The lowest BCUT2D eigenvalue weighted by atomic mass is 9.96. The van der Waals surface area contributed by atoms with Gasteiger partial charge in [0, 0.05) is 6.54 Å². The summed E-state index contributed by atoms with van der Waals surface area (Å²) in [5.41, 5.74) is 0. The summed E-state index contributed by atoms with van der Waals surface area (Å²) in [7, 11) is 0. The van der Waals surface area contributed by atoms with Crippen molar-refractivity contribution in [1.29, 1.82) is 0 Å². The highest BCUT2D eigenvalue weighted by Crippen LogP contribution is 2.18. The second-order valence-corrected chi connectivity index (χ2v) is 5.30. The Morgan fingerprint density at radius 1 is 1.25 bits per heavy atom. The van der Waals surface area contributed by atoms with Gasteiger partial charge in [-0.15, -0.1) is 0 Å². The second kappa shape index (κ2) is 4.85. The van der Waals surface area contributed by atoms with E-state index in [9.17, 15) is 9.59 Å². The molecule has 0 aliphatic carbocycles. The van der Waals surface area contributed by atoms with Crippen LogP contribution in [0.1, 0.15) is 34.6 Å². The van der Waals surface area contributed by atoms with E-state index in [0.717, 1.165) is 0 Å². The molecule has 2 atom stereocenters. The van der Waals surface area contributed by atoms with E-state index in [4.69, 9.17) is 0 Å². The van der Waals surface area contributed by atoms with Gasteiger partial charge in [0.1, 0.15) is 12.1 Å². The normalized spacial score (nSPS) is 26.6. The zero-order valence-electron chi connectivity index (χ0n) is 10.8. The van der Waals surface area contributed by atoms with Crippen LogP contribution in [0.3, 0.4) is 0 Å². The molecule has 92 valence electrons. The highest BCUT2D eigenvalue weighted by molar-refractivity contribution is 5.96. The molecule has 1 rings (SSSR count). The van der Waals surface area contributed by atoms with Crippen molar-refractivity contribution in [3.05, 3.63) is 0 Å². The molecule has 2 unspecified atom stereocenters. The number of carbonyl (C=O) groups is 2. The van der Waals surface area contributed by atoms with Gasteiger partial charge in [-0.2, -0.15) is 0 Å². The third-order valence-electron chi connectivity index (χ3n) is 2.81. The second-order valence-electron chi connectivity index (χ2n) is 5.30. The Labute approximate surface area is 97.4 Å². The first-order chi connectivity index (χ1) is 7.34. The molecule has 0 bridgehead atoms. The third kappa shape index (κ3) is 2.54. The Balaban J connectivity index is 2.92. The molecule has 4 nitrogen and oxygen atoms in total. The van der Waals surface area contributed by atoms with Gasteiger partial charge in [-0.3, -0.25) is 9.59 Å². The van der Waals surface area contributed by atoms with Crippen molar-refractivity contribution >= 4 is 11.8 Å². The lowest BCUT2D eigenvalue weighted by Gasteiger charge is -2.40. The molecule has 1 aliphatic heterocycles. The molecule has 1 aliphatic rings. The topological polar surface area (TPSA) is 49.4 Å². The van der Waals surface area contributed by atoms with Gasteiger partial charge in [-0.1, -0.05) is 27.7 Å². The van der Waals surface area contributed by atoms with Gasteiger partial charge in [0.25, 0.3) is 0 Å². The summed E-state index contributed by atoms with van der Waals surface area (Å²) >= 11 is 0. The fraction of sp³-hybridized carbons (Fsp3) is 0.833. The molecule has 1 saturated heterocycles. The van der Waals surface area contributed by atoms with Gasteiger partial charge in [-0.05, 0) is 18.8 Å². The quantitative estimate of drug-likeness (QED) is 0.781. The van der Waals surface area contributed by atoms with Crippen molar-refractivity contribution in [3.63, 3.8) is 0 Å². The van der Waals surface area contributed by atoms with Crippen molar-refractivity contribution in [2.75, 3.05) is 6.54 Å². The minimum Gasteiger partial charge on any atom is -0.343 e. The molecule has 1 N–H and O–H groups in total. The maximum Gasteiger partial charge on any atom is 0.245 e. The van der Waals surface area contributed by atoms with Gasteiger partial charge in [-0.25, -0.2) is 0 Å². The van der Waals surface area contributed by atoms with Crippen LogP contribution in [0.5, 0.6) is 0 Å². The first kappa shape index (κ1) is 13.0. The predicted octanol–water partition coefficient (Wildman–Crippen LogP) is 1.01. The molecular weight excluding hydrogens is 204 g/mol. The van der Waals surface area contributed by atoms with Gasteiger partial charge in [0.05, 0.1) is 0 Å². The van der Waals surface area contributed by atoms with Gasteiger partial charge in [0.2, 0.25) is 11.8 Å². The van der Waals surface area contributed by atoms with Crippen molar-refractivity contribution < 1.29 is 9.59 Å². The minimum absolute atomic E-state index is 0.0252. The number of rotatable bonds is 3. The smallest absolute Gasteiger partial charge is 0.245 e. The van der Waals surface area contributed by atoms with Crippen molar-refractivity contribution in [3.8, 4) is 0 Å². The monoisotopic (exact) mass is 226 g/mol. The number of hydrogen-bond donors (Lipinski definition) is 1. The molecule has 0 aromatic carbocycles. The van der Waals surface area contributed by atoms with E-state index in [2.05, 4.69) is 19.2 Å². The van der Waals surface area contributed by atoms with Gasteiger partial charge in [0.15, 0.2) is 0 Å². The molecule has 1 fully saturated rings. The largest absolute Gasteiger partial charge is 0.343 e. The summed E-state index contributed by atoms with van der Waals surface area (Å²) in [4.78, 5) is 25.6. The van der Waals surface area contributed by atoms with Crippen LogP contribution in [0.15, 0.2) is 0 Å². The Hall–Kier alpha value is -1.06. The highest BCUT2D eigenvalue weighted by Gasteiger charge is 2.39. The first-order valence-corrected chi connectivity index (χ1v) is 5.95. The summed E-state index contributed by atoms with van der Waals surface area (Å²) in [6, 6.07) is -0.702. The van der Waals surface area contributed by atoms with Crippen LogP contribution in [-0.4, -0.2) is 35.3 Å². The summed E-state index contributed by atoms with van der Waals surface area (Å²) in [5.74, 6) is 0.535. The van der Waals surface area contributed by atoms with E-state index in [1.807, 2.05) is 13.8 Å². The van der Waals surface area contributed by atoms with E-state index >= 15 is 0 Å².